The van der Waals surface area contributed by atoms with Crippen LogP contribution in [-0.2, 0) is 11.3 Å². The third kappa shape index (κ3) is 3.91. The predicted octanol–water partition coefficient (Wildman–Crippen LogP) is 2.81. The topological polar surface area (TPSA) is 36.4 Å². The summed E-state index contributed by atoms with van der Waals surface area (Å²) in [4.78, 5) is 22.0. The lowest BCUT2D eigenvalue weighted by Gasteiger charge is -2.35. The Morgan fingerprint density at radius 3 is 2.57 bits per heavy atom. The molecule has 0 spiro atoms. The average molecular weight is 352 g/mol. The molecule has 1 saturated carbocycles. The maximum absolute atomic E-state index is 12.6. The van der Waals surface area contributed by atoms with Crippen LogP contribution in [-0.4, -0.2) is 58.4 Å². The number of amides is 1. The van der Waals surface area contributed by atoms with Crippen LogP contribution in [0.25, 0.3) is 0 Å². The normalized spacial score (nSPS) is 24.1. The van der Waals surface area contributed by atoms with Crippen LogP contribution in [0.3, 0.4) is 0 Å². The quantitative estimate of drug-likeness (QED) is 0.836. The zero-order valence-electron chi connectivity index (χ0n) is 13.6. The molecule has 2 saturated heterocycles. The molecule has 4 nitrogen and oxygen atoms in total. The number of aromatic nitrogens is 1. The number of rotatable bonds is 4. The number of hydrogen-bond acceptors (Lipinski definition) is 5. The van der Waals surface area contributed by atoms with Crippen molar-refractivity contribution < 1.29 is 4.79 Å². The van der Waals surface area contributed by atoms with Gasteiger partial charge >= 0.3 is 0 Å². The third-order valence-electron chi connectivity index (χ3n) is 5.14. The first-order valence-electron chi connectivity index (χ1n) is 8.83. The molecule has 0 bridgehead atoms. The van der Waals surface area contributed by atoms with E-state index < -0.39 is 0 Å². The molecule has 3 fully saturated rings. The van der Waals surface area contributed by atoms with Gasteiger partial charge in [-0.15, -0.1) is 11.3 Å². The van der Waals surface area contributed by atoms with Crippen LogP contribution < -0.4 is 0 Å². The zero-order chi connectivity index (χ0) is 15.6. The largest absolute Gasteiger partial charge is 0.341 e. The molecule has 1 amide bonds. The molecule has 0 N–H and O–H groups in total. The van der Waals surface area contributed by atoms with Crippen LogP contribution in [0, 0.1) is 5.92 Å². The fourth-order valence-electron chi connectivity index (χ4n) is 3.52. The van der Waals surface area contributed by atoms with Crippen LogP contribution >= 0.6 is 23.1 Å². The van der Waals surface area contributed by atoms with Crippen molar-refractivity contribution >= 4 is 29.0 Å². The van der Waals surface area contributed by atoms with Gasteiger partial charge in [0.05, 0.1) is 10.7 Å². The Morgan fingerprint density at radius 1 is 1.13 bits per heavy atom. The number of likely N-dealkylation sites (tertiary alicyclic amines) is 1. The van der Waals surface area contributed by atoms with E-state index >= 15 is 0 Å². The zero-order valence-corrected chi connectivity index (χ0v) is 15.2. The van der Waals surface area contributed by atoms with Gasteiger partial charge in [-0.05, 0) is 38.8 Å². The van der Waals surface area contributed by atoms with Crippen LogP contribution in [0.5, 0.6) is 0 Å². The average Bonchev–Trinajstić information content (AvgIpc) is 3.36. The van der Waals surface area contributed by atoms with Gasteiger partial charge in [0.25, 0.3) is 0 Å². The van der Waals surface area contributed by atoms with E-state index in [4.69, 9.17) is 4.98 Å². The highest BCUT2D eigenvalue weighted by Crippen LogP contribution is 2.41. The van der Waals surface area contributed by atoms with Crippen LogP contribution in [0.4, 0.5) is 0 Å². The predicted molar refractivity (Wildman–Crippen MR) is 96.0 cm³/mol. The van der Waals surface area contributed by atoms with Crippen molar-refractivity contribution in [1.82, 2.24) is 14.8 Å². The van der Waals surface area contributed by atoms with E-state index in [1.807, 2.05) is 23.1 Å². The highest BCUT2D eigenvalue weighted by atomic mass is 32.2. The molecule has 0 unspecified atom stereocenters. The standard InChI is InChI=1S/C17H25N3OS2/c21-17(20-7-9-22-10-8-20)14-3-5-19(6-4-14)11-15-12-23-16(18-15)13-1-2-13/h12-14H,1-11H2. The summed E-state index contributed by atoms with van der Waals surface area (Å²) < 4.78 is 0. The van der Waals surface area contributed by atoms with Gasteiger partial charge in [-0.3, -0.25) is 9.69 Å². The van der Waals surface area contributed by atoms with E-state index in [0.717, 1.165) is 63.0 Å². The highest BCUT2D eigenvalue weighted by molar-refractivity contribution is 7.99. The number of hydrogen-bond donors (Lipinski definition) is 0. The number of carbonyl (C=O) groups excluding carboxylic acids is 1. The minimum atomic E-state index is 0.256. The molecule has 1 aromatic heterocycles. The summed E-state index contributed by atoms with van der Waals surface area (Å²) in [5, 5.41) is 3.57. The molecule has 6 heteroatoms. The molecule has 1 aliphatic carbocycles. The summed E-state index contributed by atoms with van der Waals surface area (Å²) in [6, 6.07) is 0. The van der Waals surface area contributed by atoms with Crippen molar-refractivity contribution in [3.8, 4) is 0 Å². The molecule has 23 heavy (non-hydrogen) atoms. The van der Waals surface area contributed by atoms with E-state index in [0.29, 0.717) is 5.91 Å². The van der Waals surface area contributed by atoms with Gasteiger partial charge in [0.1, 0.15) is 0 Å². The molecule has 0 atom stereocenters. The fraction of sp³-hybridized carbons (Fsp3) is 0.765. The van der Waals surface area contributed by atoms with Gasteiger partial charge in [0.2, 0.25) is 5.91 Å². The first-order valence-corrected chi connectivity index (χ1v) is 10.9. The Morgan fingerprint density at radius 2 is 1.87 bits per heavy atom. The number of piperidine rings is 1. The second-order valence-electron chi connectivity index (χ2n) is 6.94. The smallest absolute Gasteiger partial charge is 0.225 e. The van der Waals surface area contributed by atoms with Crippen LogP contribution in [0.2, 0.25) is 0 Å². The van der Waals surface area contributed by atoms with Crippen molar-refractivity contribution in [2.45, 2.75) is 38.1 Å². The van der Waals surface area contributed by atoms with Crippen molar-refractivity contribution in [2.24, 2.45) is 5.92 Å². The molecular weight excluding hydrogens is 326 g/mol. The summed E-state index contributed by atoms with van der Waals surface area (Å²) in [5.41, 5.74) is 1.23. The maximum Gasteiger partial charge on any atom is 0.225 e. The summed E-state index contributed by atoms with van der Waals surface area (Å²) in [6.07, 6.45) is 4.69. The summed E-state index contributed by atoms with van der Waals surface area (Å²) >= 11 is 3.80. The van der Waals surface area contributed by atoms with Gasteiger partial charge in [-0.25, -0.2) is 4.98 Å². The molecule has 126 valence electrons. The Kier molecular flexibility index (Phi) is 4.92. The van der Waals surface area contributed by atoms with Gasteiger partial charge in [0.15, 0.2) is 0 Å². The maximum atomic E-state index is 12.6. The molecule has 3 aliphatic rings. The molecule has 3 heterocycles. The van der Waals surface area contributed by atoms with Crippen LogP contribution in [0.15, 0.2) is 5.38 Å². The Bertz CT molecular complexity index is 544. The molecule has 4 rings (SSSR count). The van der Waals surface area contributed by atoms with E-state index in [1.54, 1.807) is 0 Å². The lowest BCUT2D eigenvalue weighted by molar-refractivity contribution is -0.136. The molecule has 2 aliphatic heterocycles. The monoisotopic (exact) mass is 351 g/mol. The van der Waals surface area contributed by atoms with E-state index in [2.05, 4.69) is 15.2 Å². The summed E-state index contributed by atoms with van der Waals surface area (Å²) in [5.74, 6) is 3.65. The van der Waals surface area contributed by atoms with E-state index in [1.165, 1.54) is 23.5 Å². The first-order chi connectivity index (χ1) is 11.3. The number of thiazole rings is 1. The number of thioether (sulfide) groups is 1. The van der Waals surface area contributed by atoms with E-state index in [-0.39, 0.29) is 5.92 Å². The summed E-state index contributed by atoms with van der Waals surface area (Å²) in [6.45, 7) is 4.94. The lowest BCUT2D eigenvalue weighted by atomic mass is 9.95. The molecule has 0 radical (unpaired) electrons. The van der Waals surface area contributed by atoms with Gasteiger partial charge in [-0.2, -0.15) is 11.8 Å². The molecule has 1 aromatic rings. The number of nitrogens with zero attached hydrogens (tertiary/aromatic N) is 3. The second kappa shape index (κ2) is 7.11. The SMILES string of the molecule is O=C(C1CCN(Cc2csc(C3CC3)n2)CC1)N1CCSCC1. The molecule has 0 aromatic carbocycles. The third-order valence-corrected chi connectivity index (χ3v) is 7.14. The lowest BCUT2D eigenvalue weighted by Crippen LogP contribution is -2.45. The van der Waals surface area contributed by atoms with Crippen molar-refractivity contribution in [3.63, 3.8) is 0 Å². The minimum Gasteiger partial charge on any atom is -0.341 e. The second-order valence-corrected chi connectivity index (χ2v) is 9.05. The van der Waals surface area contributed by atoms with Crippen molar-refractivity contribution in [3.05, 3.63) is 16.1 Å². The van der Waals surface area contributed by atoms with E-state index in [9.17, 15) is 4.79 Å². The number of carbonyl (C=O) groups is 1. The van der Waals surface area contributed by atoms with Crippen LogP contribution in [0.1, 0.15) is 42.3 Å². The van der Waals surface area contributed by atoms with Crippen molar-refractivity contribution in [2.75, 3.05) is 37.7 Å². The van der Waals surface area contributed by atoms with Gasteiger partial charge in [-0.1, -0.05) is 0 Å². The summed E-state index contributed by atoms with van der Waals surface area (Å²) in [7, 11) is 0. The highest BCUT2D eigenvalue weighted by Gasteiger charge is 2.30. The Balaban J connectivity index is 1.25. The minimum absolute atomic E-state index is 0.256. The first kappa shape index (κ1) is 15.9. The fourth-order valence-corrected chi connectivity index (χ4v) is 5.41. The Hall–Kier alpha value is -0.590. The Labute approximate surface area is 146 Å². The molecular formula is C17H25N3OS2. The van der Waals surface area contributed by atoms with Gasteiger partial charge < -0.3 is 4.90 Å². The van der Waals surface area contributed by atoms with Crippen molar-refractivity contribution in [1.29, 1.82) is 0 Å². The van der Waals surface area contributed by atoms with Gasteiger partial charge in [0, 0.05) is 48.4 Å².